The van der Waals surface area contributed by atoms with Crippen molar-refractivity contribution in [2.45, 2.75) is 9.92 Å². The second-order valence-electron chi connectivity index (χ2n) is 6.34. The number of aromatic hydroxyl groups is 1. The number of pyridine rings is 1. The van der Waals surface area contributed by atoms with Crippen LogP contribution in [0.5, 0.6) is 5.75 Å². The minimum Gasteiger partial charge on any atom is -0.504 e. The first-order chi connectivity index (χ1) is 15.5. The fourth-order valence-electron chi connectivity index (χ4n) is 2.90. The molecule has 4 rings (SSSR count). The molecule has 1 N–H and O–H groups in total. The number of carbonyl (C=O) groups excluding carboxylic acids is 2. The number of benzene rings is 2. The third-order valence-electron chi connectivity index (χ3n) is 4.39. The topological polar surface area (TPSA) is 149 Å². The maximum atomic E-state index is 11.3. The van der Waals surface area contributed by atoms with Gasteiger partial charge in [0.2, 0.25) is 5.82 Å². The Morgan fingerprint density at radius 2 is 1.88 bits per heavy atom. The third kappa shape index (κ3) is 3.96. The van der Waals surface area contributed by atoms with Crippen LogP contribution in [0.2, 0.25) is 0 Å². The first-order valence-corrected chi connectivity index (χ1v) is 9.81. The molecular formula is C21H12N4O6S. The molecule has 0 saturated heterocycles. The molecule has 0 amide bonds. The third-order valence-corrected chi connectivity index (χ3v) is 5.39. The molecule has 0 atom stereocenters. The van der Waals surface area contributed by atoms with Crippen LogP contribution in [0.25, 0.3) is 22.8 Å². The summed E-state index contributed by atoms with van der Waals surface area (Å²) in [6.07, 6.45) is 2.05. The van der Waals surface area contributed by atoms with E-state index in [0.29, 0.717) is 11.3 Å². The van der Waals surface area contributed by atoms with Gasteiger partial charge in [0.1, 0.15) is 10.6 Å². The molecule has 0 spiro atoms. The molecule has 0 aliphatic heterocycles. The highest BCUT2D eigenvalue weighted by Crippen LogP contribution is 2.38. The summed E-state index contributed by atoms with van der Waals surface area (Å²) in [5, 5.41) is 26.1. The molecule has 32 heavy (non-hydrogen) atoms. The van der Waals surface area contributed by atoms with Crippen LogP contribution < -0.4 is 0 Å². The molecule has 2 heterocycles. The van der Waals surface area contributed by atoms with Crippen LogP contribution in [-0.2, 0) is 0 Å². The molecule has 0 radical (unpaired) electrons. The Kier molecular flexibility index (Phi) is 5.73. The van der Waals surface area contributed by atoms with Crippen LogP contribution in [0.15, 0.2) is 69.2 Å². The van der Waals surface area contributed by atoms with Crippen LogP contribution >= 0.6 is 11.8 Å². The smallest absolute Gasteiger partial charge is 0.281 e. The molecular weight excluding hydrogens is 436 g/mol. The van der Waals surface area contributed by atoms with E-state index in [2.05, 4.69) is 15.1 Å². The lowest BCUT2D eigenvalue weighted by Crippen LogP contribution is -2.00. The molecule has 158 valence electrons. The first kappa shape index (κ1) is 20.9. The largest absolute Gasteiger partial charge is 0.504 e. The molecule has 4 aromatic rings. The average Bonchev–Trinajstić information content (AvgIpc) is 3.30. The lowest BCUT2D eigenvalue weighted by Gasteiger charge is -2.06. The Morgan fingerprint density at radius 1 is 1.09 bits per heavy atom. The Bertz CT molecular complexity index is 1340. The first-order valence-electron chi connectivity index (χ1n) is 9.00. The van der Waals surface area contributed by atoms with Crippen LogP contribution in [0.4, 0.5) is 5.69 Å². The lowest BCUT2D eigenvalue weighted by atomic mass is 10.0. The summed E-state index contributed by atoms with van der Waals surface area (Å²) in [7, 11) is 0. The molecule has 0 fully saturated rings. The fourth-order valence-corrected chi connectivity index (χ4v) is 3.74. The Hall–Kier alpha value is -4.38. The Balaban J connectivity index is 1.73. The standard InChI is InChI=1S/C21H12N4O6S/c26-10-13-8-12(9-17(25(29)30)16(13)11-27)20-23-19(24-31-20)15-6-7-22-21(18(15)28)32-14-4-2-1-3-5-14/h1-11,28H. The average molecular weight is 448 g/mol. The number of nitro groups is 1. The summed E-state index contributed by atoms with van der Waals surface area (Å²) in [5.41, 5.74) is -0.772. The second kappa shape index (κ2) is 8.78. The highest BCUT2D eigenvalue weighted by molar-refractivity contribution is 7.99. The van der Waals surface area contributed by atoms with Gasteiger partial charge in [0.25, 0.3) is 11.6 Å². The van der Waals surface area contributed by atoms with Gasteiger partial charge in [-0.3, -0.25) is 19.7 Å². The van der Waals surface area contributed by atoms with E-state index in [1.165, 1.54) is 30.1 Å². The number of aromatic nitrogens is 3. The number of aldehydes is 2. The summed E-state index contributed by atoms with van der Waals surface area (Å²) in [5.74, 6) is -0.272. The number of hydrogen-bond donors (Lipinski definition) is 1. The number of nitrogens with zero attached hydrogens (tertiary/aromatic N) is 4. The maximum absolute atomic E-state index is 11.3. The van der Waals surface area contributed by atoms with Crippen LogP contribution in [0.1, 0.15) is 20.7 Å². The van der Waals surface area contributed by atoms with E-state index in [1.54, 1.807) is 0 Å². The van der Waals surface area contributed by atoms with Gasteiger partial charge in [-0.1, -0.05) is 35.1 Å². The quantitative estimate of drug-likeness (QED) is 0.248. The van der Waals surface area contributed by atoms with Crippen molar-refractivity contribution in [2.24, 2.45) is 0 Å². The SMILES string of the molecule is O=Cc1cc(-c2nc(-c3ccnc(Sc4ccccc4)c3O)no2)cc([N+](=O)[O-])c1C=O. The zero-order chi connectivity index (χ0) is 22.7. The highest BCUT2D eigenvalue weighted by Gasteiger charge is 2.23. The van der Waals surface area contributed by atoms with E-state index in [0.717, 1.165) is 11.0 Å². The van der Waals surface area contributed by atoms with E-state index < -0.39 is 10.6 Å². The minimum absolute atomic E-state index is 0.0181. The Labute approximate surface area is 184 Å². The molecule has 0 aliphatic carbocycles. The van der Waals surface area contributed by atoms with Crippen molar-refractivity contribution in [3.8, 4) is 28.6 Å². The zero-order valence-electron chi connectivity index (χ0n) is 16.0. The van der Waals surface area contributed by atoms with Gasteiger partial charge in [0, 0.05) is 28.3 Å². The van der Waals surface area contributed by atoms with E-state index in [9.17, 15) is 24.8 Å². The van der Waals surface area contributed by atoms with Crippen molar-refractivity contribution in [3.05, 3.63) is 76.0 Å². The van der Waals surface area contributed by atoms with Crippen molar-refractivity contribution in [1.82, 2.24) is 15.1 Å². The van der Waals surface area contributed by atoms with Crippen LogP contribution in [0.3, 0.4) is 0 Å². The van der Waals surface area contributed by atoms with Gasteiger partial charge in [-0.2, -0.15) is 4.98 Å². The summed E-state index contributed by atoms with van der Waals surface area (Å²) < 4.78 is 5.20. The molecule has 0 unspecified atom stereocenters. The van der Waals surface area contributed by atoms with Gasteiger partial charge in [-0.05, 0) is 24.3 Å². The van der Waals surface area contributed by atoms with Gasteiger partial charge in [-0.15, -0.1) is 0 Å². The maximum Gasteiger partial charge on any atom is 0.281 e. The normalized spacial score (nSPS) is 10.6. The van der Waals surface area contributed by atoms with E-state index in [1.807, 2.05) is 30.3 Å². The molecule has 2 aromatic carbocycles. The van der Waals surface area contributed by atoms with Crippen molar-refractivity contribution in [2.75, 3.05) is 0 Å². The minimum atomic E-state index is -0.778. The Morgan fingerprint density at radius 3 is 2.56 bits per heavy atom. The van der Waals surface area contributed by atoms with Gasteiger partial charge in [0.15, 0.2) is 18.3 Å². The summed E-state index contributed by atoms with van der Waals surface area (Å²) >= 11 is 1.25. The number of hydrogen-bond acceptors (Lipinski definition) is 10. The molecule has 0 aliphatic rings. The lowest BCUT2D eigenvalue weighted by molar-refractivity contribution is -0.385. The number of rotatable bonds is 7. The monoisotopic (exact) mass is 448 g/mol. The molecule has 11 heteroatoms. The molecule has 0 bridgehead atoms. The van der Waals surface area contributed by atoms with Gasteiger partial charge in [0.05, 0.1) is 10.5 Å². The highest BCUT2D eigenvalue weighted by atomic mass is 32.2. The van der Waals surface area contributed by atoms with Crippen molar-refractivity contribution >= 4 is 30.0 Å². The zero-order valence-corrected chi connectivity index (χ0v) is 16.9. The van der Waals surface area contributed by atoms with E-state index in [-0.39, 0.29) is 46.0 Å². The number of nitro benzene ring substituents is 1. The molecule has 0 saturated carbocycles. The van der Waals surface area contributed by atoms with Gasteiger partial charge >= 0.3 is 0 Å². The van der Waals surface area contributed by atoms with Crippen molar-refractivity contribution in [3.63, 3.8) is 0 Å². The second-order valence-corrected chi connectivity index (χ2v) is 7.40. The van der Waals surface area contributed by atoms with Crippen LogP contribution in [0, 0.1) is 10.1 Å². The van der Waals surface area contributed by atoms with Crippen molar-refractivity contribution < 1.29 is 24.1 Å². The summed E-state index contributed by atoms with van der Waals surface area (Å²) in [6, 6.07) is 13.1. The van der Waals surface area contributed by atoms with Crippen LogP contribution in [-0.4, -0.2) is 37.7 Å². The van der Waals surface area contributed by atoms with Gasteiger partial charge in [-0.25, -0.2) is 4.98 Å². The molecule has 10 nitrogen and oxygen atoms in total. The number of carbonyl (C=O) groups is 2. The van der Waals surface area contributed by atoms with E-state index in [4.69, 9.17) is 4.52 Å². The van der Waals surface area contributed by atoms with Crippen molar-refractivity contribution in [1.29, 1.82) is 0 Å². The molecule has 2 aromatic heterocycles. The predicted molar refractivity (Wildman–Crippen MR) is 113 cm³/mol. The van der Waals surface area contributed by atoms with E-state index >= 15 is 0 Å². The summed E-state index contributed by atoms with van der Waals surface area (Å²) in [6.45, 7) is 0. The predicted octanol–water partition coefficient (Wildman–Crippen LogP) is 4.19. The fraction of sp³-hybridized carbons (Fsp3) is 0. The van der Waals surface area contributed by atoms with Gasteiger partial charge < -0.3 is 9.63 Å². The summed E-state index contributed by atoms with van der Waals surface area (Å²) in [4.78, 5) is 42.3.